The van der Waals surface area contributed by atoms with E-state index < -0.39 is 18.2 Å². The standard InChI is InChI=1S/C22H21Cl2NO4/c23-16-8-6-14(7-9-16)20-21(15-2-1-3-17(24)10-15)29-18(11-19(26)27)22(28)25(20)12-13-4-5-13/h1-3,6-10,13,18,20-21H,4-5,11-12H2,(H,26,27). The van der Waals surface area contributed by atoms with Crippen LogP contribution < -0.4 is 0 Å². The second-order valence-electron chi connectivity index (χ2n) is 7.63. The summed E-state index contributed by atoms with van der Waals surface area (Å²) >= 11 is 12.3. The van der Waals surface area contributed by atoms with E-state index in [4.69, 9.17) is 27.9 Å². The minimum atomic E-state index is -1.07. The second-order valence-corrected chi connectivity index (χ2v) is 8.50. The van der Waals surface area contributed by atoms with Crippen molar-refractivity contribution in [2.75, 3.05) is 6.54 Å². The van der Waals surface area contributed by atoms with E-state index in [1.54, 1.807) is 29.2 Å². The number of halogens is 2. The van der Waals surface area contributed by atoms with E-state index in [0.717, 1.165) is 24.0 Å². The number of hydrogen-bond acceptors (Lipinski definition) is 3. The Morgan fingerprint density at radius 3 is 2.41 bits per heavy atom. The summed E-state index contributed by atoms with van der Waals surface area (Å²) in [5.41, 5.74) is 1.70. The van der Waals surface area contributed by atoms with Gasteiger partial charge in [-0.1, -0.05) is 47.5 Å². The number of benzene rings is 2. The molecule has 1 heterocycles. The van der Waals surface area contributed by atoms with E-state index in [9.17, 15) is 14.7 Å². The molecule has 7 heteroatoms. The largest absolute Gasteiger partial charge is 0.481 e. The Kier molecular flexibility index (Phi) is 5.81. The molecule has 0 radical (unpaired) electrons. The lowest BCUT2D eigenvalue weighted by atomic mass is 9.91. The van der Waals surface area contributed by atoms with Gasteiger partial charge >= 0.3 is 5.97 Å². The Hall–Kier alpha value is -2.08. The maximum atomic E-state index is 13.2. The summed E-state index contributed by atoms with van der Waals surface area (Å²) in [7, 11) is 0. The highest BCUT2D eigenvalue weighted by molar-refractivity contribution is 6.30. The van der Waals surface area contributed by atoms with Crippen LogP contribution in [0.2, 0.25) is 10.0 Å². The van der Waals surface area contributed by atoms with Crippen molar-refractivity contribution in [2.24, 2.45) is 5.92 Å². The highest BCUT2D eigenvalue weighted by atomic mass is 35.5. The van der Waals surface area contributed by atoms with Crippen LogP contribution in [0.4, 0.5) is 0 Å². The summed E-state index contributed by atoms with van der Waals surface area (Å²) < 4.78 is 6.12. The van der Waals surface area contributed by atoms with Crippen molar-refractivity contribution in [3.05, 3.63) is 69.7 Å². The van der Waals surface area contributed by atoms with Crippen LogP contribution >= 0.6 is 23.2 Å². The van der Waals surface area contributed by atoms with E-state index in [0.29, 0.717) is 22.5 Å². The highest BCUT2D eigenvalue weighted by Gasteiger charge is 2.46. The molecule has 1 amide bonds. The van der Waals surface area contributed by atoms with Crippen LogP contribution in [0.25, 0.3) is 0 Å². The fraction of sp³-hybridized carbons (Fsp3) is 0.364. The first-order valence-corrected chi connectivity index (χ1v) is 10.4. The summed E-state index contributed by atoms with van der Waals surface area (Å²) in [6.45, 7) is 0.586. The number of carboxylic acids is 1. The van der Waals surface area contributed by atoms with E-state index in [1.807, 2.05) is 24.3 Å². The number of rotatable bonds is 6. The number of carboxylic acid groups (broad SMARTS) is 1. The number of morpholine rings is 1. The SMILES string of the molecule is O=C(O)CC1OC(c2cccc(Cl)c2)C(c2ccc(Cl)cc2)N(CC2CC2)C1=O. The Morgan fingerprint density at radius 2 is 1.79 bits per heavy atom. The van der Waals surface area contributed by atoms with Gasteiger partial charge in [-0.05, 0) is 54.2 Å². The number of ether oxygens (including phenoxy) is 1. The van der Waals surface area contributed by atoms with Crippen molar-refractivity contribution in [1.82, 2.24) is 4.90 Å². The van der Waals surface area contributed by atoms with E-state index in [-0.39, 0.29) is 18.4 Å². The molecule has 1 saturated carbocycles. The van der Waals surface area contributed by atoms with Crippen molar-refractivity contribution in [1.29, 1.82) is 0 Å². The van der Waals surface area contributed by atoms with Gasteiger partial charge < -0.3 is 14.7 Å². The highest BCUT2D eigenvalue weighted by Crippen LogP contribution is 2.45. The van der Waals surface area contributed by atoms with Crippen molar-refractivity contribution in [2.45, 2.75) is 37.5 Å². The molecule has 0 aromatic heterocycles. The van der Waals surface area contributed by atoms with Crippen molar-refractivity contribution in [3.8, 4) is 0 Å². The molecule has 4 rings (SSSR count). The van der Waals surface area contributed by atoms with Gasteiger partial charge in [0.05, 0.1) is 12.5 Å². The number of amides is 1. The molecule has 2 aliphatic rings. The van der Waals surface area contributed by atoms with Crippen molar-refractivity contribution >= 4 is 35.1 Å². The molecule has 2 aromatic rings. The van der Waals surface area contributed by atoms with Gasteiger partial charge in [0, 0.05) is 16.6 Å². The van der Waals surface area contributed by atoms with E-state index in [2.05, 4.69) is 0 Å². The smallest absolute Gasteiger partial charge is 0.306 e. The number of hydrogen-bond donors (Lipinski definition) is 1. The Bertz CT molecular complexity index is 913. The third-order valence-electron chi connectivity index (χ3n) is 5.39. The summed E-state index contributed by atoms with van der Waals surface area (Å²) in [6, 6.07) is 14.3. The minimum Gasteiger partial charge on any atom is -0.481 e. The van der Waals surface area contributed by atoms with Crippen molar-refractivity contribution in [3.63, 3.8) is 0 Å². The summed E-state index contributed by atoms with van der Waals surface area (Å²) in [5.74, 6) is -0.903. The van der Waals surface area contributed by atoms with Crippen LogP contribution in [-0.4, -0.2) is 34.5 Å². The first kappa shape index (κ1) is 20.2. The molecule has 5 nitrogen and oxygen atoms in total. The van der Waals surface area contributed by atoms with Gasteiger partial charge in [-0.15, -0.1) is 0 Å². The number of nitrogens with zero attached hydrogens (tertiary/aromatic N) is 1. The van der Waals surface area contributed by atoms with Crippen LogP contribution in [-0.2, 0) is 14.3 Å². The molecule has 2 fully saturated rings. The fourth-order valence-electron chi connectivity index (χ4n) is 3.83. The van der Waals surface area contributed by atoms with Gasteiger partial charge in [-0.2, -0.15) is 0 Å². The maximum Gasteiger partial charge on any atom is 0.306 e. The van der Waals surface area contributed by atoms with E-state index >= 15 is 0 Å². The second kappa shape index (κ2) is 8.34. The molecule has 1 aliphatic carbocycles. The molecule has 1 aliphatic heterocycles. The zero-order valence-corrected chi connectivity index (χ0v) is 17.1. The molecule has 1 saturated heterocycles. The number of carbonyl (C=O) groups is 2. The van der Waals surface area contributed by atoms with E-state index in [1.165, 1.54) is 0 Å². The van der Waals surface area contributed by atoms with Crippen LogP contribution in [0, 0.1) is 5.92 Å². The molecule has 1 N–H and O–H groups in total. The molecule has 2 aromatic carbocycles. The average Bonchev–Trinajstić information content (AvgIpc) is 3.49. The third-order valence-corrected chi connectivity index (χ3v) is 5.88. The normalized spacial score (nSPS) is 24.6. The summed E-state index contributed by atoms with van der Waals surface area (Å²) in [5, 5.41) is 10.5. The van der Waals surface area contributed by atoms with Gasteiger partial charge in [-0.25, -0.2) is 0 Å². The molecular weight excluding hydrogens is 413 g/mol. The zero-order valence-electron chi connectivity index (χ0n) is 15.6. The lowest BCUT2D eigenvalue weighted by molar-refractivity contribution is -0.179. The molecule has 3 atom stereocenters. The quantitative estimate of drug-likeness (QED) is 0.703. The molecule has 29 heavy (non-hydrogen) atoms. The molecule has 0 spiro atoms. The Labute approximate surface area is 179 Å². The van der Waals surface area contributed by atoms with Gasteiger partial charge in [0.2, 0.25) is 0 Å². The molecular formula is C22H21Cl2NO4. The van der Waals surface area contributed by atoms with Gasteiger partial charge in [-0.3, -0.25) is 9.59 Å². The molecule has 3 unspecified atom stereocenters. The lowest BCUT2D eigenvalue weighted by Crippen LogP contribution is -2.52. The third kappa shape index (κ3) is 4.58. The van der Waals surface area contributed by atoms with Gasteiger partial charge in [0.15, 0.2) is 0 Å². The van der Waals surface area contributed by atoms with Crippen molar-refractivity contribution < 1.29 is 19.4 Å². The van der Waals surface area contributed by atoms with Crippen LogP contribution in [0.3, 0.4) is 0 Å². The molecule has 0 bridgehead atoms. The first-order chi connectivity index (χ1) is 13.9. The number of aliphatic carboxylic acids is 1. The monoisotopic (exact) mass is 433 g/mol. The maximum absolute atomic E-state index is 13.2. The lowest BCUT2D eigenvalue weighted by Gasteiger charge is -2.45. The summed E-state index contributed by atoms with van der Waals surface area (Å²) in [6.07, 6.45) is 0.214. The predicted octanol–water partition coefficient (Wildman–Crippen LogP) is 4.89. The predicted molar refractivity (Wildman–Crippen MR) is 110 cm³/mol. The molecule has 152 valence electrons. The van der Waals surface area contributed by atoms with Gasteiger partial charge in [0.1, 0.15) is 12.2 Å². The van der Waals surface area contributed by atoms with Gasteiger partial charge in [0.25, 0.3) is 5.91 Å². The van der Waals surface area contributed by atoms with Crippen LogP contribution in [0.15, 0.2) is 48.5 Å². The Morgan fingerprint density at radius 1 is 1.07 bits per heavy atom. The topological polar surface area (TPSA) is 66.8 Å². The minimum absolute atomic E-state index is 0.280. The average molecular weight is 434 g/mol. The number of carbonyl (C=O) groups excluding carboxylic acids is 1. The first-order valence-electron chi connectivity index (χ1n) is 9.61. The van der Waals surface area contributed by atoms with Crippen LogP contribution in [0.5, 0.6) is 0 Å². The summed E-state index contributed by atoms with van der Waals surface area (Å²) in [4.78, 5) is 26.4. The zero-order chi connectivity index (χ0) is 20.5. The van der Waals surface area contributed by atoms with Crippen LogP contribution in [0.1, 0.15) is 42.5 Å². The fourth-order valence-corrected chi connectivity index (χ4v) is 4.16. The Balaban J connectivity index is 1.78.